The van der Waals surface area contributed by atoms with Crippen molar-refractivity contribution in [1.29, 1.82) is 0 Å². The molecule has 0 aliphatic rings. The maximum atomic E-state index is 12.4. The molecule has 0 saturated carbocycles. The van der Waals surface area contributed by atoms with E-state index in [0.29, 0.717) is 23.5 Å². The number of benzene rings is 3. The molecule has 0 fully saturated rings. The maximum Gasteiger partial charge on any atom is 0.331 e. The Morgan fingerprint density at radius 2 is 1.50 bits per heavy atom. The average Bonchev–Trinajstić information content (AvgIpc) is 2.81. The summed E-state index contributed by atoms with van der Waals surface area (Å²) in [5.41, 5.74) is 1.87. The molecule has 0 radical (unpaired) electrons. The van der Waals surface area contributed by atoms with E-state index in [4.69, 9.17) is 9.47 Å². The second-order valence-corrected chi connectivity index (χ2v) is 6.63. The molecule has 0 aliphatic carbocycles. The predicted octanol–water partition coefficient (Wildman–Crippen LogP) is 3.27. The van der Waals surface area contributed by atoms with Crippen molar-refractivity contribution in [3.8, 4) is 5.75 Å². The van der Waals surface area contributed by atoms with Crippen LogP contribution in [0.4, 0.5) is 0 Å². The quantitative estimate of drug-likeness (QED) is 0.562. The summed E-state index contributed by atoms with van der Waals surface area (Å²) in [5.74, 6) is -0.596. The summed E-state index contributed by atoms with van der Waals surface area (Å²) in [4.78, 5) is 24.6. The molecule has 0 spiro atoms. The van der Waals surface area contributed by atoms with Crippen LogP contribution in [0.5, 0.6) is 5.75 Å². The summed E-state index contributed by atoms with van der Waals surface area (Å²) in [6.45, 7) is 0.417. The Hall–Kier alpha value is -3.64. The molecule has 6 nitrogen and oxygen atoms in total. The van der Waals surface area contributed by atoms with E-state index in [1.807, 2.05) is 30.3 Å². The van der Waals surface area contributed by atoms with Gasteiger partial charge in [-0.15, -0.1) is 0 Å². The molecule has 2 atom stereocenters. The van der Waals surface area contributed by atoms with Crippen molar-refractivity contribution < 1.29 is 24.2 Å². The van der Waals surface area contributed by atoms with Crippen LogP contribution in [0.25, 0.3) is 0 Å². The topological polar surface area (TPSA) is 84.9 Å². The van der Waals surface area contributed by atoms with Gasteiger partial charge in [-0.25, -0.2) is 4.79 Å². The molecule has 0 bridgehead atoms. The Morgan fingerprint density at radius 1 is 0.900 bits per heavy atom. The van der Waals surface area contributed by atoms with Crippen molar-refractivity contribution in [2.75, 3.05) is 7.11 Å². The van der Waals surface area contributed by atoms with E-state index in [1.54, 1.807) is 54.6 Å². The predicted molar refractivity (Wildman–Crippen MR) is 112 cm³/mol. The number of hydrogen-bond acceptors (Lipinski definition) is 5. The first-order valence-electron chi connectivity index (χ1n) is 9.47. The Morgan fingerprint density at radius 3 is 2.10 bits per heavy atom. The molecular formula is C24H23NO5. The SMILES string of the molecule is COC(=O)[C@H](NC(=O)c1ccccc1)[C@H](O)c1ccc(OCc2ccccc2)cc1. The molecule has 2 N–H and O–H groups in total. The molecule has 0 saturated heterocycles. The third kappa shape index (κ3) is 5.46. The van der Waals surface area contributed by atoms with Gasteiger partial charge in [-0.2, -0.15) is 0 Å². The van der Waals surface area contributed by atoms with E-state index in [-0.39, 0.29) is 0 Å². The lowest BCUT2D eigenvalue weighted by atomic mass is 10.0. The van der Waals surface area contributed by atoms with Crippen LogP contribution in [0.1, 0.15) is 27.6 Å². The summed E-state index contributed by atoms with van der Waals surface area (Å²) in [5, 5.41) is 13.3. The molecule has 154 valence electrons. The van der Waals surface area contributed by atoms with Crippen molar-refractivity contribution in [3.05, 3.63) is 102 Å². The number of aliphatic hydroxyl groups excluding tert-OH is 1. The van der Waals surface area contributed by atoms with Gasteiger partial charge in [-0.05, 0) is 35.4 Å². The molecule has 6 heteroatoms. The maximum absolute atomic E-state index is 12.4. The smallest absolute Gasteiger partial charge is 0.331 e. The van der Waals surface area contributed by atoms with Crippen molar-refractivity contribution in [3.63, 3.8) is 0 Å². The number of ether oxygens (including phenoxy) is 2. The molecule has 30 heavy (non-hydrogen) atoms. The van der Waals surface area contributed by atoms with Gasteiger partial charge in [0.15, 0.2) is 6.04 Å². The van der Waals surface area contributed by atoms with Crippen LogP contribution in [0.2, 0.25) is 0 Å². The summed E-state index contributed by atoms with van der Waals surface area (Å²) in [6, 6.07) is 23.7. The lowest BCUT2D eigenvalue weighted by molar-refractivity contribution is -0.146. The Kier molecular flexibility index (Phi) is 7.19. The van der Waals surface area contributed by atoms with E-state index >= 15 is 0 Å². The second kappa shape index (κ2) is 10.2. The fourth-order valence-corrected chi connectivity index (χ4v) is 2.90. The van der Waals surface area contributed by atoms with Gasteiger partial charge in [0.1, 0.15) is 18.5 Å². The van der Waals surface area contributed by atoms with Gasteiger partial charge in [0, 0.05) is 5.56 Å². The normalized spacial score (nSPS) is 12.5. The number of methoxy groups -OCH3 is 1. The Bertz CT molecular complexity index is 958. The van der Waals surface area contributed by atoms with Gasteiger partial charge in [-0.1, -0.05) is 60.7 Å². The van der Waals surface area contributed by atoms with Gasteiger partial charge in [0.25, 0.3) is 5.91 Å². The number of esters is 1. The van der Waals surface area contributed by atoms with Crippen LogP contribution in [0.15, 0.2) is 84.9 Å². The molecule has 0 unspecified atom stereocenters. The molecule has 3 rings (SSSR count). The zero-order chi connectivity index (χ0) is 21.3. The van der Waals surface area contributed by atoms with Gasteiger partial charge < -0.3 is 19.9 Å². The van der Waals surface area contributed by atoms with Crippen LogP contribution in [0.3, 0.4) is 0 Å². The zero-order valence-corrected chi connectivity index (χ0v) is 16.5. The highest BCUT2D eigenvalue weighted by atomic mass is 16.5. The molecule has 0 aliphatic heterocycles. The molecule has 1 amide bonds. The minimum absolute atomic E-state index is 0.378. The fourth-order valence-electron chi connectivity index (χ4n) is 2.90. The summed E-state index contributed by atoms with van der Waals surface area (Å²) in [7, 11) is 1.21. The zero-order valence-electron chi connectivity index (χ0n) is 16.5. The highest BCUT2D eigenvalue weighted by molar-refractivity contribution is 5.96. The number of hydrogen-bond donors (Lipinski definition) is 2. The van der Waals surface area contributed by atoms with Crippen LogP contribution in [-0.4, -0.2) is 30.1 Å². The number of nitrogens with one attached hydrogen (secondary N) is 1. The van der Waals surface area contributed by atoms with Gasteiger partial charge in [0.2, 0.25) is 0 Å². The first kappa shape index (κ1) is 21.1. The number of carbonyl (C=O) groups is 2. The van der Waals surface area contributed by atoms with Crippen LogP contribution in [-0.2, 0) is 16.1 Å². The van der Waals surface area contributed by atoms with Crippen molar-refractivity contribution in [1.82, 2.24) is 5.32 Å². The van der Waals surface area contributed by atoms with Gasteiger partial charge in [-0.3, -0.25) is 4.79 Å². The van der Waals surface area contributed by atoms with Crippen LogP contribution in [0, 0.1) is 0 Å². The summed E-state index contributed by atoms with van der Waals surface area (Å²) >= 11 is 0. The lowest BCUT2D eigenvalue weighted by Gasteiger charge is -2.22. The second-order valence-electron chi connectivity index (χ2n) is 6.63. The van der Waals surface area contributed by atoms with E-state index in [1.165, 1.54) is 7.11 Å². The molecule has 3 aromatic rings. The standard InChI is InChI=1S/C24H23NO5/c1-29-24(28)21(25-23(27)19-10-6-3-7-11-19)22(26)18-12-14-20(15-13-18)30-16-17-8-4-2-5-9-17/h2-15,21-22,26H,16H2,1H3,(H,25,27)/t21-,22-/m1/s1. The Balaban J connectivity index is 1.68. The monoisotopic (exact) mass is 405 g/mol. The van der Waals surface area contributed by atoms with Crippen LogP contribution >= 0.6 is 0 Å². The van der Waals surface area contributed by atoms with E-state index in [0.717, 1.165) is 5.56 Å². The van der Waals surface area contributed by atoms with E-state index < -0.39 is 24.0 Å². The highest BCUT2D eigenvalue weighted by Gasteiger charge is 2.31. The van der Waals surface area contributed by atoms with E-state index in [2.05, 4.69) is 5.32 Å². The number of carbonyl (C=O) groups excluding carboxylic acids is 2. The fraction of sp³-hybridized carbons (Fsp3) is 0.167. The minimum Gasteiger partial charge on any atom is -0.489 e. The van der Waals surface area contributed by atoms with Crippen molar-refractivity contribution in [2.24, 2.45) is 0 Å². The van der Waals surface area contributed by atoms with Crippen LogP contribution < -0.4 is 10.1 Å². The van der Waals surface area contributed by atoms with Gasteiger partial charge >= 0.3 is 5.97 Å². The molecular weight excluding hydrogens is 382 g/mol. The number of rotatable bonds is 8. The van der Waals surface area contributed by atoms with Crippen molar-refractivity contribution >= 4 is 11.9 Å². The first-order chi connectivity index (χ1) is 14.6. The Labute approximate surface area is 175 Å². The largest absolute Gasteiger partial charge is 0.489 e. The average molecular weight is 405 g/mol. The third-order valence-corrected chi connectivity index (χ3v) is 4.56. The molecule has 3 aromatic carbocycles. The number of aliphatic hydroxyl groups is 1. The third-order valence-electron chi connectivity index (χ3n) is 4.56. The lowest BCUT2D eigenvalue weighted by Crippen LogP contribution is -2.45. The van der Waals surface area contributed by atoms with Crippen molar-refractivity contribution in [2.45, 2.75) is 18.8 Å². The number of amides is 1. The van der Waals surface area contributed by atoms with Gasteiger partial charge in [0.05, 0.1) is 7.11 Å². The van der Waals surface area contributed by atoms with E-state index in [9.17, 15) is 14.7 Å². The molecule has 0 aromatic heterocycles. The summed E-state index contributed by atoms with van der Waals surface area (Å²) < 4.78 is 10.5. The minimum atomic E-state index is -1.28. The summed E-state index contributed by atoms with van der Waals surface area (Å²) in [6.07, 6.45) is -1.28. The molecule has 0 heterocycles. The first-order valence-corrected chi connectivity index (χ1v) is 9.47. The highest BCUT2D eigenvalue weighted by Crippen LogP contribution is 2.22.